The van der Waals surface area contributed by atoms with Gasteiger partial charge < -0.3 is 5.11 Å². The van der Waals surface area contributed by atoms with Crippen LogP contribution in [0.4, 0.5) is 0 Å². The van der Waals surface area contributed by atoms with Gasteiger partial charge in [0, 0.05) is 11.4 Å². The highest BCUT2D eigenvalue weighted by molar-refractivity contribution is 6.31. The van der Waals surface area contributed by atoms with Crippen LogP contribution in [0.25, 0.3) is 0 Å². The number of rotatable bonds is 5. The first-order chi connectivity index (χ1) is 8.31. The molecule has 90 valence electrons. The molecule has 0 aliphatic heterocycles. The highest BCUT2D eigenvalue weighted by Gasteiger charge is 2.05. The third kappa shape index (κ3) is 3.05. The highest BCUT2D eigenvalue weighted by atomic mass is 35.5. The Hall–Kier alpha value is -1.39. The van der Waals surface area contributed by atoms with Gasteiger partial charge in [0.2, 0.25) is 0 Å². The quantitative estimate of drug-likeness (QED) is 0.880. The van der Waals surface area contributed by atoms with Gasteiger partial charge in [-0.3, -0.25) is 0 Å². The molecule has 0 radical (unpaired) electrons. The monoisotopic (exact) mass is 251 g/mol. The maximum Gasteiger partial charge on any atom is 0.138 e. The molecule has 0 amide bonds. The van der Waals surface area contributed by atoms with Gasteiger partial charge in [0.15, 0.2) is 0 Å². The fraction of sp³-hybridized carbons (Fsp3) is 0.333. The molecular weight excluding hydrogens is 238 g/mol. The van der Waals surface area contributed by atoms with Crippen LogP contribution in [0, 0.1) is 0 Å². The van der Waals surface area contributed by atoms with Crippen molar-refractivity contribution in [2.24, 2.45) is 0 Å². The molecule has 0 bridgehead atoms. The predicted molar refractivity (Wildman–Crippen MR) is 66.0 cm³/mol. The van der Waals surface area contributed by atoms with Crippen molar-refractivity contribution in [2.75, 3.05) is 6.61 Å². The van der Waals surface area contributed by atoms with E-state index in [0.29, 0.717) is 6.54 Å². The normalized spacial score (nSPS) is 10.7. The molecule has 0 unspecified atom stereocenters. The van der Waals surface area contributed by atoms with E-state index in [9.17, 15) is 0 Å². The van der Waals surface area contributed by atoms with Gasteiger partial charge in [0.25, 0.3) is 0 Å². The lowest BCUT2D eigenvalue weighted by Crippen LogP contribution is -2.09. The van der Waals surface area contributed by atoms with Crippen LogP contribution in [0.1, 0.15) is 11.4 Å². The third-order valence-electron chi connectivity index (χ3n) is 2.58. The number of aliphatic hydroxyl groups is 1. The largest absolute Gasteiger partial charge is 0.394 e. The van der Waals surface area contributed by atoms with Crippen molar-refractivity contribution in [2.45, 2.75) is 19.4 Å². The van der Waals surface area contributed by atoms with Gasteiger partial charge in [0.1, 0.15) is 12.2 Å². The zero-order valence-corrected chi connectivity index (χ0v) is 10.1. The summed E-state index contributed by atoms with van der Waals surface area (Å²) in [7, 11) is 0. The van der Waals surface area contributed by atoms with E-state index >= 15 is 0 Å². The Labute approximate surface area is 105 Å². The van der Waals surface area contributed by atoms with E-state index in [1.54, 1.807) is 4.68 Å². The molecule has 0 atom stereocenters. The van der Waals surface area contributed by atoms with Gasteiger partial charge in [-0.2, -0.15) is 5.10 Å². The molecule has 1 aromatic carbocycles. The van der Waals surface area contributed by atoms with Crippen LogP contribution in [0.15, 0.2) is 30.6 Å². The summed E-state index contributed by atoms with van der Waals surface area (Å²) < 4.78 is 1.72. The molecule has 0 aliphatic carbocycles. The van der Waals surface area contributed by atoms with Gasteiger partial charge in [-0.15, -0.1) is 0 Å². The van der Waals surface area contributed by atoms with Gasteiger partial charge in [-0.05, 0) is 18.1 Å². The fourth-order valence-electron chi connectivity index (χ4n) is 1.71. The minimum absolute atomic E-state index is 0.0719. The van der Waals surface area contributed by atoms with E-state index < -0.39 is 0 Å². The highest BCUT2D eigenvalue weighted by Crippen LogP contribution is 2.16. The number of hydrogen-bond donors (Lipinski definition) is 1. The lowest BCUT2D eigenvalue weighted by Gasteiger charge is -2.05. The second-order valence-electron chi connectivity index (χ2n) is 3.71. The summed E-state index contributed by atoms with van der Waals surface area (Å²) in [6.07, 6.45) is 3.10. The number of benzene rings is 1. The van der Waals surface area contributed by atoms with Crippen molar-refractivity contribution in [1.82, 2.24) is 14.8 Å². The van der Waals surface area contributed by atoms with Gasteiger partial charge in [0.05, 0.1) is 13.2 Å². The summed E-state index contributed by atoms with van der Waals surface area (Å²) in [5.74, 6) is 0.874. The second kappa shape index (κ2) is 5.80. The molecule has 1 N–H and O–H groups in total. The SMILES string of the molecule is OCCn1ncnc1CCc1ccccc1Cl. The fourth-order valence-corrected chi connectivity index (χ4v) is 1.94. The zero-order chi connectivity index (χ0) is 12.1. The standard InChI is InChI=1S/C12H14ClN3O/c13-11-4-2-1-3-10(11)5-6-12-14-9-15-16(12)7-8-17/h1-4,9,17H,5-8H2. The molecule has 4 nitrogen and oxygen atoms in total. The lowest BCUT2D eigenvalue weighted by molar-refractivity contribution is 0.267. The molecule has 0 saturated carbocycles. The van der Waals surface area contributed by atoms with Crippen molar-refractivity contribution in [1.29, 1.82) is 0 Å². The average Bonchev–Trinajstić information content (AvgIpc) is 2.76. The number of nitrogens with zero attached hydrogens (tertiary/aromatic N) is 3. The van der Waals surface area contributed by atoms with Crippen LogP contribution >= 0.6 is 11.6 Å². The van der Waals surface area contributed by atoms with E-state index in [2.05, 4.69) is 10.1 Å². The topological polar surface area (TPSA) is 50.9 Å². The Morgan fingerprint density at radius 3 is 2.82 bits per heavy atom. The van der Waals surface area contributed by atoms with Crippen LogP contribution in [-0.4, -0.2) is 26.5 Å². The van der Waals surface area contributed by atoms with Crippen LogP contribution in [-0.2, 0) is 19.4 Å². The predicted octanol–water partition coefficient (Wildman–Crippen LogP) is 1.71. The summed E-state index contributed by atoms with van der Waals surface area (Å²) in [6, 6.07) is 7.78. The zero-order valence-electron chi connectivity index (χ0n) is 9.38. The maximum absolute atomic E-state index is 8.88. The maximum atomic E-state index is 8.88. The smallest absolute Gasteiger partial charge is 0.138 e. The first kappa shape index (κ1) is 12.1. The average molecular weight is 252 g/mol. The Morgan fingerprint density at radius 2 is 2.06 bits per heavy atom. The second-order valence-corrected chi connectivity index (χ2v) is 4.12. The molecule has 2 rings (SSSR count). The summed E-state index contributed by atoms with van der Waals surface area (Å²) in [6.45, 7) is 0.556. The molecular formula is C12H14ClN3O. The first-order valence-corrected chi connectivity index (χ1v) is 5.90. The Balaban J connectivity index is 2.02. The van der Waals surface area contributed by atoms with Crippen LogP contribution in [0.2, 0.25) is 5.02 Å². The minimum atomic E-state index is 0.0719. The molecule has 0 spiro atoms. The Kier molecular flexibility index (Phi) is 4.12. The molecule has 1 heterocycles. The molecule has 0 aliphatic rings. The van der Waals surface area contributed by atoms with Gasteiger partial charge in [-0.25, -0.2) is 9.67 Å². The molecule has 5 heteroatoms. The van der Waals surface area contributed by atoms with E-state index in [-0.39, 0.29) is 6.61 Å². The van der Waals surface area contributed by atoms with Crippen LogP contribution < -0.4 is 0 Å². The summed E-state index contributed by atoms with van der Waals surface area (Å²) in [5.41, 5.74) is 1.10. The molecule has 17 heavy (non-hydrogen) atoms. The van der Waals surface area contributed by atoms with Crippen molar-refractivity contribution < 1.29 is 5.11 Å². The van der Waals surface area contributed by atoms with Crippen LogP contribution in [0.3, 0.4) is 0 Å². The number of halogens is 1. The number of aryl methyl sites for hydroxylation is 2. The van der Waals surface area contributed by atoms with Crippen LogP contribution in [0.5, 0.6) is 0 Å². The number of hydrogen-bond acceptors (Lipinski definition) is 3. The Bertz CT molecular complexity index is 484. The van der Waals surface area contributed by atoms with E-state index in [0.717, 1.165) is 29.3 Å². The lowest BCUT2D eigenvalue weighted by atomic mass is 10.1. The number of aliphatic hydroxyl groups excluding tert-OH is 1. The summed E-state index contributed by atoms with van der Waals surface area (Å²) in [5, 5.41) is 13.7. The van der Waals surface area contributed by atoms with E-state index in [1.807, 2.05) is 24.3 Å². The van der Waals surface area contributed by atoms with Gasteiger partial charge in [-0.1, -0.05) is 29.8 Å². The van der Waals surface area contributed by atoms with Crippen molar-refractivity contribution >= 4 is 11.6 Å². The van der Waals surface area contributed by atoms with Gasteiger partial charge >= 0.3 is 0 Å². The Morgan fingerprint density at radius 1 is 1.24 bits per heavy atom. The van der Waals surface area contributed by atoms with Crippen molar-refractivity contribution in [3.63, 3.8) is 0 Å². The van der Waals surface area contributed by atoms with Crippen molar-refractivity contribution in [3.05, 3.63) is 47.0 Å². The van der Waals surface area contributed by atoms with E-state index in [1.165, 1.54) is 6.33 Å². The molecule has 1 aromatic heterocycles. The van der Waals surface area contributed by atoms with E-state index in [4.69, 9.17) is 16.7 Å². The first-order valence-electron chi connectivity index (χ1n) is 5.52. The minimum Gasteiger partial charge on any atom is -0.394 e. The molecule has 0 fully saturated rings. The third-order valence-corrected chi connectivity index (χ3v) is 2.95. The summed E-state index contributed by atoms with van der Waals surface area (Å²) in [4.78, 5) is 4.18. The molecule has 0 saturated heterocycles. The number of aromatic nitrogens is 3. The summed E-state index contributed by atoms with van der Waals surface area (Å²) >= 11 is 6.08. The van der Waals surface area contributed by atoms with Crippen molar-refractivity contribution in [3.8, 4) is 0 Å². The molecule has 2 aromatic rings.